The number of hydrogen-bond acceptors (Lipinski definition) is 4. The van der Waals surface area contributed by atoms with Crippen LogP contribution in [0.25, 0.3) is 18.4 Å². The molecule has 3 nitrogen and oxygen atoms in total. The summed E-state index contributed by atoms with van der Waals surface area (Å²) in [7, 11) is 0. The average Bonchev–Trinajstić information content (AvgIpc) is 2.53. The molecule has 2 aromatic rings. The first-order chi connectivity index (χ1) is 11.3. The minimum Gasteiger partial charge on any atom is -0.360 e. The van der Waals surface area contributed by atoms with Gasteiger partial charge in [0.1, 0.15) is 4.53 Å². The third-order valence-corrected chi connectivity index (χ3v) is 4.56. The quantitative estimate of drug-likeness (QED) is 0.827. The van der Waals surface area contributed by atoms with Gasteiger partial charge in [0.05, 0.1) is 21.2 Å². The Kier molecular flexibility index (Phi) is 4.47. The van der Waals surface area contributed by atoms with Crippen molar-refractivity contribution in [2.24, 2.45) is 0 Å². The topological polar surface area (TPSA) is 42.0 Å². The number of aromatic nitrogens is 1. The summed E-state index contributed by atoms with van der Waals surface area (Å²) < 4.78 is 39.1. The van der Waals surface area contributed by atoms with Gasteiger partial charge in [-0.25, -0.2) is 4.98 Å². The maximum Gasteiger partial charge on any atom is 0.416 e. The van der Waals surface area contributed by atoms with Gasteiger partial charge < -0.3 is 5.32 Å². The van der Waals surface area contributed by atoms with Crippen molar-refractivity contribution in [3.05, 3.63) is 61.0 Å². The summed E-state index contributed by atoms with van der Waals surface area (Å²) in [5, 5.41) is 2.43. The van der Waals surface area contributed by atoms with Crippen molar-refractivity contribution in [1.29, 1.82) is 0 Å². The summed E-state index contributed by atoms with van der Waals surface area (Å²) >= 11 is 7.17. The molecule has 8 heteroatoms. The van der Waals surface area contributed by atoms with E-state index >= 15 is 0 Å². The van der Waals surface area contributed by atoms with Crippen LogP contribution in [0.15, 0.2) is 35.1 Å². The lowest BCUT2D eigenvalue weighted by molar-refractivity contribution is -0.137. The molecule has 24 heavy (non-hydrogen) atoms. The lowest BCUT2D eigenvalue weighted by Gasteiger charge is -2.08. The summed E-state index contributed by atoms with van der Waals surface area (Å²) in [4.78, 5) is 15.9. The second-order valence-electron chi connectivity index (χ2n) is 4.97. The highest BCUT2D eigenvalue weighted by Gasteiger charge is 2.30. The normalized spacial score (nSPS) is 17.3. The van der Waals surface area contributed by atoms with Gasteiger partial charge in [-0.05, 0) is 30.4 Å². The van der Waals surface area contributed by atoms with Crippen molar-refractivity contribution >= 4 is 47.0 Å². The number of allylic oxidation sites excluding steroid dienone is 1. The molecule has 1 heterocycles. The van der Waals surface area contributed by atoms with Crippen molar-refractivity contribution in [3.63, 3.8) is 0 Å². The second-order valence-corrected chi connectivity index (χ2v) is 6.56. The van der Waals surface area contributed by atoms with Gasteiger partial charge in [-0.15, -0.1) is 22.9 Å². The Morgan fingerprint density at radius 3 is 2.88 bits per heavy atom. The zero-order valence-electron chi connectivity index (χ0n) is 12.0. The molecule has 0 bridgehead atoms. The molecule has 0 spiro atoms. The molecular weight excluding hydrogens is 361 g/mol. The maximum atomic E-state index is 12.7. The predicted octanol–water partition coefficient (Wildman–Crippen LogP) is 2.79. The van der Waals surface area contributed by atoms with Gasteiger partial charge in [-0.2, -0.15) is 13.2 Å². The zero-order chi connectivity index (χ0) is 17.3. The highest BCUT2D eigenvalue weighted by atomic mass is 35.5. The number of hydrogen-bond donors (Lipinski definition) is 1. The molecule has 1 aromatic carbocycles. The first-order valence-corrected chi connectivity index (χ1v) is 8.07. The summed E-state index contributed by atoms with van der Waals surface area (Å²) in [6, 6.07) is 4.73. The zero-order valence-corrected chi connectivity index (χ0v) is 13.5. The Hall–Kier alpha value is -2.12. The van der Waals surface area contributed by atoms with E-state index in [1.54, 1.807) is 18.2 Å². The molecule has 1 aromatic heterocycles. The molecular formula is C16H10ClF3N2OS. The summed E-state index contributed by atoms with van der Waals surface area (Å²) in [5.41, 5.74) is -0.449. The van der Waals surface area contributed by atoms with E-state index in [0.29, 0.717) is 5.69 Å². The first-order valence-electron chi connectivity index (χ1n) is 6.82. The van der Waals surface area contributed by atoms with E-state index in [1.807, 2.05) is 0 Å². The van der Waals surface area contributed by atoms with Gasteiger partial charge in [-0.1, -0.05) is 12.1 Å². The predicted molar refractivity (Wildman–Crippen MR) is 90.3 cm³/mol. The van der Waals surface area contributed by atoms with Crippen LogP contribution in [0, 0.1) is 0 Å². The van der Waals surface area contributed by atoms with Crippen molar-refractivity contribution < 1.29 is 13.2 Å². The number of anilines is 1. The van der Waals surface area contributed by atoms with Gasteiger partial charge in [0.15, 0.2) is 0 Å². The molecule has 1 N–H and O–H groups in total. The van der Waals surface area contributed by atoms with Crippen LogP contribution in [0.1, 0.15) is 11.3 Å². The Bertz CT molecular complexity index is 982. The number of benzene rings is 1. The van der Waals surface area contributed by atoms with E-state index < -0.39 is 17.3 Å². The van der Waals surface area contributed by atoms with E-state index in [2.05, 4.69) is 10.3 Å². The third kappa shape index (κ3) is 3.68. The molecule has 0 saturated carbocycles. The average molecular weight is 371 g/mol. The molecule has 0 amide bonds. The van der Waals surface area contributed by atoms with Crippen LogP contribution < -0.4 is 19.9 Å². The number of alkyl halides is 4. The van der Waals surface area contributed by atoms with Crippen molar-refractivity contribution in [1.82, 2.24) is 4.98 Å². The Morgan fingerprint density at radius 2 is 2.12 bits per heavy atom. The molecule has 1 aliphatic rings. The fourth-order valence-electron chi connectivity index (χ4n) is 2.08. The van der Waals surface area contributed by atoms with E-state index in [1.165, 1.54) is 29.7 Å². The molecule has 3 rings (SSSR count). The largest absolute Gasteiger partial charge is 0.416 e. The fourth-order valence-corrected chi connectivity index (χ4v) is 3.28. The molecule has 124 valence electrons. The van der Waals surface area contributed by atoms with Gasteiger partial charge >= 0.3 is 6.18 Å². The summed E-state index contributed by atoms with van der Waals surface area (Å²) in [5.74, 6) is 0. The van der Waals surface area contributed by atoms with Crippen LogP contribution in [0.2, 0.25) is 0 Å². The highest BCUT2D eigenvalue weighted by Crippen LogP contribution is 2.30. The molecule has 0 fully saturated rings. The number of halogens is 4. The lowest BCUT2D eigenvalue weighted by Crippen LogP contribution is -2.32. The Morgan fingerprint density at radius 1 is 1.33 bits per heavy atom. The SMILES string of the molecule is O=c1nc2c(s/c1=C/Nc1cccc(C(F)(F)F)c1)=CC(Cl)C=C2. The van der Waals surface area contributed by atoms with Gasteiger partial charge in [0.2, 0.25) is 0 Å². The third-order valence-electron chi connectivity index (χ3n) is 3.21. The van der Waals surface area contributed by atoms with Crippen molar-refractivity contribution in [2.45, 2.75) is 11.6 Å². The number of fused-ring (bicyclic) bond motifs is 1. The molecule has 0 aliphatic heterocycles. The van der Waals surface area contributed by atoms with Crippen LogP contribution in [-0.4, -0.2) is 10.4 Å². The molecule has 1 unspecified atom stereocenters. The van der Waals surface area contributed by atoms with Crippen LogP contribution in [0.4, 0.5) is 18.9 Å². The van der Waals surface area contributed by atoms with Crippen LogP contribution in [0.5, 0.6) is 0 Å². The van der Waals surface area contributed by atoms with Gasteiger partial charge in [0.25, 0.3) is 5.56 Å². The van der Waals surface area contributed by atoms with Crippen LogP contribution in [0.3, 0.4) is 0 Å². The smallest absolute Gasteiger partial charge is 0.360 e. The lowest BCUT2D eigenvalue weighted by atomic mass is 10.2. The van der Waals surface area contributed by atoms with E-state index in [4.69, 9.17) is 11.6 Å². The van der Waals surface area contributed by atoms with Gasteiger partial charge in [-0.3, -0.25) is 4.79 Å². The Labute approximate surface area is 143 Å². The van der Waals surface area contributed by atoms with Crippen molar-refractivity contribution in [2.75, 3.05) is 5.32 Å². The molecule has 0 saturated heterocycles. The van der Waals surface area contributed by atoms with Crippen LogP contribution in [-0.2, 0) is 6.18 Å². The van der Waals surface area contributed by atoms with E-state index in [0.717, 1.165) is 16.7 Å². The molecule has 0 radical (unpaired) electrons. The monoisotopic (exact) mass is 370 g/mol. The minimum absolute atomic E-state index is 0.230. The maximum absolute atomic E-state index is 12.7. The standard InChI is InChI=1S/C16H10ClF3N2OS/c17-10-4-5-12-13(7-10)24-14(15(23)22-12)8-21-11-3-1-2-9(6-11)16(18,19)20/h1-8,10,21H/b14-8+. The number of rotatable bonds is 2. The highest BCUT2D eigenvalue weighted by molar-refractivity contribution is 7.07. The van der Waals surface area contributed by atoms with E-state index in [-0.39, 0.29) is 15.6 Å². The first kappa shape index (κ1) is 16.7. The van der Waals surface area contributed by atoms with Crippen LogP contribution >= 0.6 is 22.9 Å². The summed E-state index contributed by atoms with van der Waals surface area (Å²) in [6.07, 6.45) is 2.08. The summed E-state index contributed by atoms with van der Waals surface area (Å²) in [6.45, 7) is 0. The fraction of sp³-hybridized carbons (Fsp3) is 0.125. The number of nitrogens with one attached hydrogen (secondary N) is 1. The minimum atomic E-state index is -4.42. The Balaban J connectivity index is 1.97. The molecule has 1 aliphatic carbocycles. The number of nitrogens with zero attached hydrogens (tertiary/aromatic N) is 1. The second kappa shape index (κ2) is 6.41. The molecule has 1 atom stereocenters. The van der Waals surface area contributed by atoms with Gasteiger partial charge in [0, 0.05) is 11.9 Å². The van der Waals surface area contributed by atoms with Crippen molar-refractivity contribution in [3.8, 4) is 0 Å². The van der Waals surface area contributed by atoms with E-state index in [9.17, 15) is 18.0 Å².